The summed E-state index contributed by atoms with van der Waals surface area (Å²) >= 11 is 0. The standard InChI is InChI=1S/C9H10F3N.ClH/c1-2-7(13)8-5(10)3-4-6(11)9(8)12;/h3-4,7H,2,13H2,1H3;1H/t7-;/m0./s1. The topological polar surface area (TPSA) is 26.0 Å². The Kier molecular flexibility index (Phi) is 4.94. The van der Waals surface area contributed by atoms with Crippen LogP contribution in [0, 0.1) is 17.5 Å². The van der Waals surface area contributed by atoms with Gasteiger partial charge in [-0.05, 0) is 18.6 Å². The van der Waals surface area contributed by atoms with Crippen LogP contribution in [0.25, 0.3) is 0 Å². The van der Waals surface area contributed by atoms with Crippen molar-refractivity contribution < 1.29 is 13.2 Å². The summed E-state index contributed by atoms with van der Waals surface area (Å²) in [6, 6.07) is 0.829. The predicted octanol–water partition coefficient (Wildman–Crippen LogP) is 2.94. The van der Waals surface area contributed by atoms with Crippen LogP contribution in [0.3, 0.4) is 0 Å². The highest BCUT2D eigenvalue weighted by Gasteiger charge is 2.18. The Morgan fingerprint density at radius 1 is 1.21 bits per heavy atom. The van der Waals surface area contributed by atoms with E-state index in [0.717, 1.165) is 12.1 Å². The van der Waals surface area contributed by atoms with Crippen LogP contribution in [-0.2, 0) is 0 Å². The smallest absolute Gasteiger partial charge is 0.166 e. The van der Waals surface area contributed by atoms with E-state index in [0.29, 0.717) is 6.42 Å². The molecule has 0 bridgehead atoms. The fourth-order valence-corrected chi connectivity index (χ4v) is 1.09. The third-order valence-corrected chi connectivity index (χ3v) is 1.89. The molecule has 0 heterocycles. The number of rotatable bonds is 2. The molecule has 0 aliphatic rings. The van der Waals surface area contributed by atoms with Gasteiger partial charge in [0.05, 0.1) is 0 Å². The quantitative estimate of drug-likeness (QED) is 0.770. The summed E-state index contributed by atoms with van der Waals surface area (Å²) in [4.78, 5) is 0. The first kappa shape index (κ1) is 13.3. The largest absolute Gasteiger partial charge is 0.324 e. The third-order valence-electron chi connectivity index (χ3n) is 1.89. The summed E-state index contributed by atoms with van der Waals surface area (Å²) in [7, 11) is 0. The normalized spacial score (nSPS) is 12.1. The first-order chi connectivity index (χ1) is 6.07. The molecule has 5 heteroatoms. The van der Waals surface area contributed by atoms with Gasteiger partial charge in [-0.3, -0.25) is 0 Å². The van der Waals surface area contributed by atoms with Crippen LogP contribution >= 0.6 is 12.4 Å². The molecule has 1 aromatic rings. The van der Waals surface area contributed by atoms with Crippen molar-refractivity contribution in [3.8, 4) is 0 Å². The Morgan fingerprint density at radius 3 is 2.21 bits per heavy atom. The molecular formula is C9H11ClF3N. The lowest BCUT2D eigenvalue weighted by molar-refractivity contribution is 0.462. The van der Waals surface area contributed by atoms with Crippen molar-refractivity contribution in [1.82, 2.24) is 0 Å². The fraction of sp³-hybridized carbons (Fsp3) is 0.333. The average Bonchev–Trinajstić information content (AvgIpc) is 2.12. The monoisotopic (exact) mass is 225 g/mol. The number of hydrogen-bond acceptors (Lipinski definition) is 1. The summed E-state index contributed by atoms with van der Waals surface area (Å²) in [6.45, 7) is 1.68. The van der Waals surface area contributed by atoms with Crippen molar-refractivity contribution in [2.24, 2.45) is 5.73 Å². The number of halogens is 4. The van der Waals surface area contributed by atoms with Gasteiger partial charge in [-0.15, -0.1) is 12.4 Å². The Balaban J connectivity index is 0.00000169. The maximum Gasteiger partial charge on any atom is 0.166 e. The zero-order valence-electron chi connectivity index (χ0n) is 7.56. The van der Waals surface area contributed by atoms with Crippen LogP contribution in [0.1, 0.15) is 24.9 Å². The lowest BCUT2D eigenvalue weighted by atomic mass is 10.0. The van der Waals surface area contributed by atoms with Gasteiger partial charge in [-0.1, -0.05) is 6.92 Å². The summed E-state index contributed by atoms with van der Waals surface area (Å²) in [6.07, 6.45) is 0.358. The SMILES string of the molecule is CC[C@H](N)c1c(F)ccc(F)c1F.Cl. The van der Waals surface area contributed by atoms with Crippen LogP contribution in [0.2, 0.25) is 0 Å². The zero-order valence-corrected chi connectivity index (χ0v) is 8.38. The van der Waals surface area contributed by atoms with Crippen LogP contribution in [0.15, 0.2) is 12.1 Å². The first-order valence-corrected chi connectivity index (χ1v) is 3.96. The van der Waals surface area contributed by atoms with Gasteiger partial charge < -0.3 is 5.73 Å². The van der Waals surface area contributed by atoms with Crippen LogP contribution in [-0.4, -0.2) is 0 Å². The van der Waals surface area contributed by atoms with E-state index >= 15 is 0 Å². The molecule has 0 amide bonds. The maximum atomic E-state index is 13.0. The molecule has 0 aliphatic heterocycles. The molecule has 0 aliphatic carbocycles. The van der Waals surface area contributed by atoms with Gasteiger partial charge in [0, 0.05) is 11.6 Å². The van der Waals surface area contributed by atoms with E-state index in [4.69, 9.17) is 5.73 Å². The molecule has 1 aromatic carbocycles. The van der Waals surface area contributed by atoms with Gasteiger partial charge in [0.15, 0.2) is 11.6 Å². The van der Waals surface area contributed by atoms with Gasteiger partial charge in [-0.2, -0.15) is 0 Å². The molecule has 0 saturated heterocycles. The Bertz CT molecular complexity index is 317. The zero-order chi connectivity index (χ0) is 10.0. The van der Waals surface area contributed by atoms with Crippen molar-refractivity contribution >= 4 is 12.4 Å². The second-order valence-corrected chi connectivity index (χ2v) is 2.77. The van der Waals surface area contributed by atoms with Crippen LogP contribution in [0.5, 0.6) is 0 Å². The second-order valence-electron chi connectivity index (χ2n) is 2.77. The van der Waals surface area contributed by atoms with E-state index < -0.39 is 23.5 Å². The van der Waals surface area contributed by atoms with E-state index in [2.05, 4.69) is 0 Å². The number of hydrogen-bond donors (Lipinski definition) is 1. The molecule has 0 radical (unpaired) electrons. The minimum Gasteiger partial charge on any atom is -0.324 e. The minimum absolute atomic E-state index is 0. The Morgan fingerprint density at radius 2 is 1.71 bits per heavy atom. The molecular weight excluding hydrogens is 215 g/mol. The molecule has 0 fully saturated rings. The molecule has 0 aromatic heterocycles. The van der Waals surface area contributed by atoms with E-state index in [-0.39, 0.29) is 18.0 Å². The molecule has 0 spiro atoms. The predicted molar refractivity (Wildman–Crippen MR) is 50.8 cm³/mol. The molecule has 0 saturated carbocycles. The number of nitrogens with two attached hydrogens (primary N) is 1. The summed E-state index contributed by atoms with van der Waals surface area (Å²) in [5.74, 6) is -3.05. The Labute approximate surface area is 86.5 Å². The maximum absolute atomic E-state index is 13.0. The first-order valence-electron chi connectivity index (χ1n) is 3.96. The highest BCUT2D eigenvalue weighted by Crippen LogP contribution is 2.22. The molecule has 1 rings (SSSR count). The highest BCUT2D eigenvalue weighted by molar-refractivity contribution is 5.85. The van der Waals surface area contributed by atoms with E-state index in [1.807, 2.05) is 0 Å². The minimum atomic E-state index is -1.19. The van der Waals surface area contributed by atoms with Crippen molar-refractivity contribution in [2.75, 3.05) is 0 Å². The lowest BCUT2D eigenvalue weighted by Gasteiger charge is -2.11. The van der Waals surface area contributed by atoms with E-state index in [9.17, 15) is 13.2 Å². The second kappa shape index (κ2) is 5.22. The summed E-state index contributed by atoms with van der Waals surface area (Å²) < 4.78 is 38.6. The van der Waals surface area contributed by atoms with Crippen molar-refractivity contribution in [3.05, 3.63) is 35.1 Å². The van der Waals surface area contributed by atoms with Crippen molar-refractivity contribution in [2.45, 2.75) is 19.4 Å². The van der Waals surface area contributed by atoms with Gasteiger partial charge in [0.2, 0.25) is 0 Å². The average molecular weight is 226 g/mol. The Hall–Kier alpha value is -0.740. The molecule has 80 valence electrons. The van der Waals surface area contributed by atoms with Gasteiger partial charge >= 0.3 is 0 Å². The molecule has 1 nitrogen and oxygen atoms in total. The summed E-state index contributed by atoms with van der Waals surface area (Å²) in [5.41, 5.74) is 5.05. The lowest BCUT2D eigenvalue weighted by Crippen LogP contribution is -2.14. The fourth-order valence-electron chi connectivity index (χ4n) is 1.09. The van der Waals surface area contributed by atoms with Gasteiger partial charge in [0.25, 0.3) is 0 Å². The van der Waals surface area contributed by atoms with Gasteiger partial charge in [0.1, 0.15) is 5.82 Å². The van der Waals surface area contributed by atoms with Crippen LogP contribution < -0.4 is 5.73 Å². The van der Waals surface area contributed by atoms with Crippen molar-refractivity contribution in [3.63, 3.8) is 0 Å². The molecule has 2 N–H and O–H groups in total. The van der Waals surface area contributed by atoms with Crippen LogP contribution in [0.4, 0.5) is 13.2 Å². The molecule has 0 unspecified atom stereocenters. The molecule has 14 heavy (non-hydrogen) atoms. The van der Waals surface area contributed by atoms with E-state index in [1.165, 1.54) is 0 Å². The van der Waals surface area contributed by atoms with E-state index in [1.54, 1.807) is 6.92 Å². The number of benzene rings is 1. The molecule has 1 atom stereocenters. The summed E-state index contributed by atoms with van der Waals surface area (Å²) in [5, 5.41) is 0. The van der Waals surface area contributed by atoms with Gasteiger partial charge in [-0.25, -0.2) is 13.2 Å². The highest BCUT2D eigenvalue weighted by atomic mass is 35.5. The van der Waals surface area contributed by atoms with Crippen molar-refractivity contribution in [1.29, 1.82) is 0 Å². The third kappa shape index (κ3) is 2.39.